The van der Waals surface area contributed by atoms with Crippen molar-refractivity contribution in [1.29, 1.82) is 0 Å². The molecule has 0 aliphatic carbocycles. The van der Waals surface area contributed by atoms with Crippen LogP contribution in [-0.4, -0.2) is 29.4 Å². The molecule has 86 valence electrons. The molecule has 0 spiro atoms. The van der Waals surface area contributed by atoms with Crippen molar-refractivity contribution in [3.05, 3.63) is 34.5 Å². The van der Waals surface area contributed by atoms with Crippen LogP contribution in [0.4, 0.5) is 0 Å². The van der Waals surface area contributed by atoms with E-state index in [1.807, 2.05) is 0 Å². The zero-order valence-corrected chi connectivity index (χ0v) is 9.38. The maximum absolute atomic E-state index is 11.8. The van der Waals surface area contributed by atoms with Crippen molar-refractivity contribution in [2.24, 2.45) is 7.05 Å². The molecule has 0 unspecified atom stereocenters. The number of aromatic nitrogens is 6. The maximum Gasteiger partial charge on any atom is 0.274 e. The lowest BCUT2D eigenvalue weighted by Gasteiger charge is -2.00. The third-order valence-electron chi connectivity index (χ3n) is 2.53. The molecule has 1 N–H and O–H groups in total. The van der Waals surface area contributed by atoms with Crippen LogP contribution in [0.3, 0.4) is 0 Å². The molecular formula is C10H10N6O. The number of rotatable bonds is 1. The number of aryl methyl sites for hydroxylation is 2. The Kier molecular flexibility index (Phi) is 1.88. The Morgan fingerprint density at radius 1 is 1.35 bits per heavy atom. The SMILES string of the molecule is Cc1nc2nc(-c3ccnn3C)cc(=O)n2[nH]1. The normalized spacial score (nSPS) is 11.2. The Morgan fingerprint density at radius 2 is 2.18 bits per heavy atom. The minimum absolute atomic E-state index is 0.188. The molecule has 0 saturated heterocycles. The smallest absolute Gasteiger partial charge is 0.274 e. The number of fused-ring (bicyclic) bond motifs is 1. The summed E-state index contributed by atoms with van der Waals surface area (Å²) in [6.07, 6.45) is 1.66. The van der Waals surface area contributed by atoms with E-state index in [0.717, 1.165) is 5.69 Å². The second-order valence-electron chi connectivity index (χ2n) is 3.76. The third kappa shape index (κ3) is 1.43. The summed E-state index contributed by atoms with van der Waals surface area (Å²) < 4.78 is 2.98. The van der Waals surface area contributed by atoms with E-state index < -0.39 is 0 Å². The van der Waals surface area contributed by atoms with E-state index in [2.05, 4.69) is 20.2 Å². The van der Waals surface area contributed by atoms with Crippen LogP contribution >= 0.6 is 0 Å². The van der Waals surface area contributed by atoms with Crippen molar-refractivity contribution >= 4 is 5.78 Å². The summed E-state index contributed by atoms with van der Waals surface area (Å²) in [7, 11) is 1.80. The van der Waals surface area contributed by atoms with Gasteiger partial charge in [0, 0.05) is 19.3 Å². The topological polar surface area (TPSA) is 80.9 Å². The van der Waals surface area contributed by atoms with Crippen molar-refractivity contribution in [2.75, 3.05) is 0 Å². The number of hydrogen-bond donors (Lipinski definition) is 1. The van der Waals surface area contributed by atoms with Crippen molar-refractivity contribution in [1.82, 2.24) is 29.4 Å². The van der Waals surface area contributed by atoms with Crippen LogP contribution in [0.2, 0.25) is 0 Å². The quantitative estimate of drug-likeness (QED) is 0.644. The first-order valence-electron chi connectivity index (χ1n) is 5.10. The average molecular weight is 230 g/mol. The summed E-state index contributed by atoms with van der Waals surface area (Å²) in [5, 5.41) is 6.87. The van der Waals surface area contributed by atoms with E-state index in [-0.39, 0.29) is 5.56 Å². The predicted molar refractivity (Wildman–Crippen MR) is 60.5 cm³/mol. The van der Waals surface area contributed by atoms with E-state index in [1.165, 1.54) is 10.6 Å². The number of nitrogens with zero attached hydrogens (tertiary/aromatic N) is 5. The fraction of sp³-hybridized carbons (Fsp3) is 0.200. The van der Waals surface area contributed by atoms with Gasteiger partial charge in [-0.15, -0.1) is 0 Å². The first kappa shape index (κ1) is 9.76. The summed E-state index contributed by atoms with van der Waals surface area (Å²) in [6, 6.07) is 3.26. The molecule has 17 heavy (non-hydrogen) atoms. The summed E-state index contributed by atoms with van der Waals surface area (Å²) >= 11 is 0. The van der Waals surface area contributed by atoms with Crippen molar-refractivity contribution in [3.8, 4) is 11.4 Å². The Hall–Kier alpha value is -2.44. The van der Waals surface area contributed by atoms with Gasteiger partial charge in [0.1, 0.15) is 5.82 Å². The molecule has 3 heterocycles. The molecule has 3 aromatic heterocycles. The van der Waals surface area contributed by atoms with Crippen LogP contribution in [0, 0.1) is 6.92 Å². The number of hydrogen-bond acceptors (Lipinski definition) is 4. The number of H-pyrrole nitrogens is 1. The molecule has 3 rings (SSSR count). The predicted octanol–water partition coefficient (Wildman–Crippen LogP) is 0.127. The van der Waals surface area contributed by atoms with Gasteiger partial charge < -0.3 is 0 Å². The molecular weight excluding hydrogens is 220 g/mol. The largest absolute Gasteiger partial charge is 0.275 e. The van der Waals surface area contributed by atoms with E-state index in [9.17, 15) is 4.79 Å². The number of aromatic amines is 1. The Bertz CT molecular complexity index is 750. The molecule has 0 saturated carbocycles. The van der Waals surface area contributed by atoms with Gasteiger partial charge in [0.25, 0.3) is 11.3 Å². The molecule has 0 amide bonds. The van der Waals surface area contributed by atoms with Gasteiger partial charge in [-0.2, -0.15) is 14.6 Å². The van der Waals surface area contributed by atoms with Gasteiger partial charge in [0.05, 0.1) is 11.4 Å². The Balaban J connectivity index is 2.32. The lowest BCUT2D eigenvalue weighted by atomic mass is 10.3. The van der Waals surface area contributed by atoms with Crippen LogP contribution in [-0.2, 0) is 7.05 Å². The first-order valence-corrected chi connectivity index (χ1v) is 5.10. The first-order chi connectivity index (χ1) is 8.15. The minimum atomic E-state index is -0.188. The number of nitrogens with one attached hydrogen (secondary N) is 1. The standard InChI is InChI=1S/C10H10N6O/c1-6-12-10-13-7(5-9(17)16(10)14-6)8-3-4-11-15(8)2/h3-5H,1-2H3,(H,12,13,14). The van der Waals surface area contributed by atoms with Crippen LogP contribution in [0.25, 0.3) is 17.2 Å². The highest BCUT2D eigenvalue weighted by atomic mass is 16.1. The van der Waals surface area contributed by atoms with Crippen LogP contribution in [0.15, 0.2) is 23.1 Å². The molecule has 0 radical (unpaired) electrons. The second-order valence-corrected chi connectivity index (χ2v) is 3.76. The zero-order chi connectivity index (χ0) is 12.0. The van der Waals surface area contributed by atoms with Gasteiger partial charge in [-0.25, -0.2) is 4.98 Å². The van der Waals surface area contributed by atoms with E-state index in [4.69, 9.17) is 0 Å². The van der Waals surface area contributed by atoms with E-state index in [1.54, 1.807) is 30.9 Å². The van der Waals surface area contributed by atoms with E-state index >= 15 is 0 Å². The third-order valence-corrected chi connectivity index (χ3v) is 2.53. The molecule has 0 aliphatic heterocycles. The van der Waals surface area contributed by atoms with Gasteiger partial charge >= 0.3 is 0 Å². The fourth-order valence-corrected chi connectivity index (χ4v) is 1.74. The summed E-state index contributed by atoms with van der Waals surface area (Å²) in [6.45, 7) is 1.78. The summed E-state index contributed by atoms with van der Waals surface area (Å²) in [4.78, 5) is 20.3. The van der Waals surface area contributed by atoms with Crippen molar-refractivity contribution < 1.29 is 0 Å². The lowest BCUT2D eigenvalue weighted by molar-refractivity contribution is 0.772. The lowest BCUT2D eigenvalue weighted by Crippen LogP contribution is -2.15. The molecule has 0 aliphatic rings. The van der Waals surface area contributed by atoms with Crippen molar-refractivity contribution in [3.63, 3.8) is 0 Å². The summed E-state index contributed by atoms with van der Waals surface area (Å²) in [5.41, 5.74) is 1.17. The molecule has 7 nitrogen and oxygen atoms in total. The monoisotopic (exact) mass is 230 g/mol. The zero-order valence-electron chi connectivity index (χ0n) is 9.38. The van der Waals surface area contributed by atoms with Gasteiger partial charge in [0.15, 0.2) is 0 Å². The molecule has 0 fully saturated rings. The highest BCUT2D eigenvalue weighted by Crippen LogP contribution is 2.13. The maximum atomic E-state index is 11.8. The molecule has 0 aromatic carbocycles. The Labute approximate surface area is 95.7 Å². The second kappa shape index (κ2) is 3.27. The van der Waals surface area contributed by atoms with Gasteiger partial charge in [-0.1, -0.05) is 0 Å². The van der Waals surface area contributed by atoms with E-state index in [0.29, 0.717) is 17.3 Å². The van der Waals surface area contributed by atoms with Crippen LogP contribution in [0.5, 0.6) is 0 Å². The average Bonchev–Trinajstić information content (AvgIpc) is 2.83. The Morgan fingerprint density at radius 3 is 2.88 bits per heavy atom. The summed E-state index contributed by atoms with van der Waals surface area (Å²) in [5.74, 6) is 1.02. The molecule has 3 aromatic rings. The highest BCUT2D eigenvalue weighted by molar-refractivity contribution is 5.55. The highest BCUT2D eigenvalue weighted by Gasteiger charge is 2.09. The van der Waals surface area contributed by atoms with Gasteiger partial charge in [0.2, 0.25) is 0 Å². The van der Waals surface area contributed by atoms with Crippen LogP contribution < -0.4 is 5.56 Å². The van der Waals surface area contributed by atoms with Crippen molar-refractivity contribution in [2.45, 2.75) is 6.92 Å². The molecule has 7 heteroatoms. The fourth-order valence-electron chi connectivity index (χ4n) is 1.74. The minimum Gasteiger partial charge on any atom is -0.275 e. The van der Waals surface area contributed by atoms with Gasteiger partial charge in [-0.3, -0.25) is 14.6 Å². The van der Waals surface area contributed by atoms with Crippen LogP contribution in [0.1, 0.15) is 5.82 Å². The molecule has 0 atom stereocenters. The van der Waals surface area contributed by atoms with Gasteiger partial charge in [-0.05, 0) is 13.0 Å². The molecule has 0 bridgehead atoms.